The zero-order chi connectivity index (χ0) is 14.0. The van der Waals surface area contributed by atoms with Crippen molar-refractivity contribution in [2.75, 3.05) is 18.1 Å². The molecule has 1 fully saturated rings. The van der Waals surface area contributed by atoms with E-state index in [0.717, 1.165) is 0 Å². The molecule has 0 radical (unpaired) electrons. The van der Waals surface area contributed by atoms with Crippen molar-refractivity contribution in [2.24, 2.45) is 5.92 Å². The van der Waals surface area contributed by atoms with Gasteiger partial charge in [0, 0.05) is 48.9 Å². The van der Waals surface area contributed by atoms with Crippen molar-refractivity contribution in [3.63, 3.8) is 0 Å². The van der Waals surface area contributed by atoms with E-state index in [2.05, 4.69) is 0 Å². The van der Waals surface area contributed by atoms with E-state index in [0.29, 0.717) is 17.8 Å². The van der Waals surface area contributed by atoms with Gasteiger partial charge in [-0.25, -0.2) is 0 Å². The average molecular weight is 266 g/mol. The van der Waals surface area contributed by atoms with Gasteiger partial charge in [-0.2, -0.15) is 0 Å². The molecule has 0 spiro atoms. The van der Waals surface area contributed by atoms with Crippen molar-refractivity contribution >= 4 is 17.3 Å². The van der Waals surface area contributed by atoms with E-state index < -0.39 is 4.92 Å². The molecule has 1 atom stereocenters. The molecule has 2 N–H and O–H groups in total. The molecule has 1 aliphatic rings. The number of amides is 1. The normalized spacial score (nSPS) is 18.9. The maximum Gasteiger partial charge on any atom is 0.269 e. The number of carbonyl (C=O) groups is 1. The molecule has 0 bridgehead atoms. The number of aliphatic hydroxyl groups is 2. The summed E-state index contributed by atoms with van der Waals surface area (Å²) < 4.78 is 0. The summed E-state index contributed by atoms with van der Waals surface area (Å²) in [5.41, 5.74) is 0.674. The van der Waals surface area contributed by atoms with Gasteiger partial charge in [0.2, 0.25) is 5.91 Å². The van der Waals surface area contributed by atoms with Gasteiger partial charge in [-0.3, -0.25) is 14.9 Å². The van der Waals surface area contributed by atoms with Gasteiger partial charge in [0.25, 0.3) is 5.69 Å². The molecule has 1 saturated heterocycles. The van der Waals surface area contributed by atoms with Crippen LogP contribution in [-0.2, 0) is 11.4 Å². The van der Waals surface area contributed by atoms with Gasteiger partial charge in [0.15, 0.2) is 0 Å². The summed E-state index contributed by atoms with van der Waals surface area (Å²) in [4.78, 5) is 23.4. The van der Waals surface area contributed by atoms with Gasteiger partial charge in [-0.15, -0.1) is 0 Å². The number of carbonyl (C=O) groups excluding carboxylic acids is 1. The Kier molecular flexibility index (Phi) is 3.77. The van der Waals surface area contributed by atoms with Crippen molar-refractivity contribution in [1.29, 1.82) is 0 Å². The SMILES string of the molecule is O=C1CC(CO)CN1c1ccc([N+](=O)[O-])cc1CO. The van der Waals surface area contributed by atoms with Crippen LogP contribution in [0.3, 0.4) is 0 Å². The first-order chi connectivity index (χ1) is 9.06. The summed E-state index contributed by atoms with van der Waals surface area (Å²) in [5.74, 6) is -0.281. The van der Waals surface area contributed by atoms with Crippen LogP contribution in [0.15, 0.2) is 18.2 Å². The van der Waals surface area contributed by atoms with Crippen LogP contribution in [0, 0.1) is 16.0 Å². The lowest BCUT2D eigenvalue weighted by molar-refractivity contribution is -0.384. The second-order valence-corrected chi connectivity index (χ2v) is 4.49. The average Bonchev–Trinajstić information content (AvgIpc) is 2.79. The minimum Gasteiger partial charge on any atom is -0.396 e. The largest absolute Gasteiger partial charge is 0.396 e. The van der Waals surface area contributed by atoms with Crippen molar-refractivity contribution in [3.05, 3.63) is 33.9 Å². The number of non-ortho nitro benzene ring substituents is 1. The smallest absolute Gasteiger partial charge is 0.269 e. The third kappa shape index (κ3) is 2.56. The first kappa shape index (κ1) is 13.4. The summed E-state index contributed by atoms with van der Waals surface area (Å²) in [7, 11) is 0. The molecule has 1 unspecified atom stereocenters. The van der Waals surface area contributed by atoms with Crippen LogP contribution in [0.5, 0.6) is 0 Å². The van der Waals surface area contributed by atoms with Crippen LogP contribution in [0.2, 0.25) is 0 Å². The van der Waals surface area contributed by atoms with Crippen LogP contribution in [0.4, 0.5) is 11.4 Å². The summed E-state index contributed by atoms with van der Waals surface area (Å²) in [5, 5.41) is 29.0. The predicted molar refractivity (Wildman–Crippen MR) is 66.6 cm³/mol. The molecular weight excluding hydrogens is 252 g/mol. The highest BCUT2D eigenvalue weighted by Crippen LogP contribution is 2.30. The van der Waals surface area contributed by atoms with E-state index in [9.17, 15) is 20.0 Å². The Morgan fingerprint density at radius 2 is 2.16 bits per heavy atom. The van der Waals surface area contributed by atoms with E-state index in [1.165, 1.54) is 23.1 Å². The van der Waals surface area contributed by atoms with Crippen LogP contribution in [0.25, 0.3) is 0 Å². The highest BCUT2D eigenvalue weighted by atomic mass is 16.6. The van der Waals surface area contributed by atoms with Crippen LogP contribution in [-0.4, -0.2) is 34.2 Å². The third-order valence-electron chi connectivity index (χ3n) is 3.20. The van der Waals surface area contributed by atoms with Crippen LogP contribution >= 0.6 is 0 Å². The van der Waals surface area contributed by atoms with E-state index in [1.54, 1.807) is 0 Å². The van der Waals surface area contributed by atoms with E-state index >= 15 is 0 Å². The standard InChI is InChI=1S/C12H14N2O5/c15-6-8-3-12(17)13(5-8)11-2-1-10(14(18)19)4-9(11)7-16/h1-2,4,8,15-16H,3,5-7H2. The van der Waals surface area contributed by atoms with E-state index in [4.69, 9.17) is 5.11 Å². The van der Waals surface area contributed by atoms with E-state index in [-0.39, 0.29) is 37.1 Å². The fourth-order valence-corrected chi connectivity index (χ4v) is 2.21. The van der Waals surface area contributed by atoms with Gasteiger partial charge in [0.05, 0.1) is 11.5 Å². The van der Waals surface area contributed by atoms with Crippen molar-refractivity contribution in [2.45, 2.75) is 13.0 Å². The minimum absolute atomic E-state index is 0.0797. The summed E-state index contributed by atoms with van der Waals surface area (Å²) in [6.07, 6.45) is 0.248. The molecule has 7 heteroatoms. The number of aliphatic hydroxyl groups excluding tert-OH is 2. The molecule has 0 saturated carbocycles. The Bertz CT molecular complexity index is 517. The first-order valence-corrected chi connectivity index (χ1v) is 5.86. The molecule has 1 aromatic carbocycles. The Morgan fingerprint density at radius 1 is 1.42 bits per heavy atom. The Balaban J connectivity index is 2.34. The van der Waals surface area contributed by atoms with Gasteiger partial charge >= 0.3 is 0 Å². The molecule has 0 aromatic heterocycles. The summed E-state index contributed by atoms with van der Waals surface area (Å²) in [6.45, 7) is -0.103. The number of nitro groups is 1. The molecular formula is C12H14N2O5. The lowest BCUT2D eigenvalue weighted by atomic mass is 10.1. The molecule has 1 aromatic rings. The summed E-state index contributed by atoms with van der Waals surface area (Å²) >= 11 is 0. The molecule has 1 aliphatic heterocycles. The second kappa shape index (κ2) is 5.33. The van der Waals surface area contributed by atoms with Crippen LogP contribution < -0.4 is 4.90 Å². The van der Waals surface area contributed by atoms with Crippen LogP contribution in [0.1, 0.15) is 12.0 Å². The topological polar surface area (TPSA) is 104 Å². The summed E-state index contributed by atoms with van der Waals surface area (Å²) in [6, 6.07) is 4.02. The Hall–Kier alpha value is -1.99. The molecule has 19 heavy (non-hydrogen) atoms. The minimum atomic E-state index is -0.550. The highest BCUT2D eigenvalue weighted by molar-refractivity contribution is 5.96. The fraction of sp³-hybridized carbons (Fsp3) is 0.417. The van der Waals surface area contributed by atoms with Crippen molar-refractivity contribution < 1.29 is 19.9 Å². The number of nitro benzene ring substituents is 1. The van der Waals surface area contributed by atoms with Gasteiger partial charge < -0.3 is 15.1 Å². The first-order valence-electron chi connectivity index (χ1n) is 5.86. The quantitative estimate of drug-likeness (QED) is 0.607. The lowest BCUT2D eigenvalue weighted by Gasteiger charge is -2.19. The zero-order valence-electron chi connectivity index (χ0n) is 10.2. The van der Waals surface area contributed by atoms with Crippen molar-refractivity contribution in [3.8, 4) is 0 Å². The molecule has 0 aliphatic carbocycles. The highest BCUT2D eigenvalue weighted by Gasteiger charge is 2.31. The van der Waals surface area contributed by atoms with Gasteiger partial charge in [-0.05, 0) is 6.07 Å². The molecule has 102 valence electrons. The second-order valence-electron chi connectivity index (χ2n) is 4.49. The monoisotopic (exact) mass is 266 g/mol. The molecule has 2 rings (SSSR count). The maximum atomic E-state index is 11.8. The number of anilines is 1. The Morgan fingerprint density at radius 3 is 2.68 bits per heavy atom. The molecule has 7 nitrogen and oxygen atoms in total. The number of hydrogen-bond acceptors (Lipinski definition) is 5. The maximum absolute atomic E-state index is 11.8. The fourth-order valence-electron chi connectivity index (χ4n) is 2.21. The number of benzene rings is 1. The van der Waals surface area contributed by atoms with E-state index in [1.807, 2.05) is 0 Å². The lowest BCUT2D eigenvalue weighted by Crippen LogP contribution is -2.26. The number of hydrogen-bond donors (Lipinski definition) is 2. The third-order valence-corrected chi connectivity index (χ3v) is 3.20. The number of rotatable bonds is 4. The molecule has 1 amide bonds. The predicted octanol–water partition coefficient (Wildman–Crippen LogP) is 0.432. The van der Waals surface area contributed by atoms with Crippen molar-refractivity contribution in [1.82, 2.24) is 0 Å². The zero-order valence-corrected chi connectivity index (χ0v) is 10.2. The number of nitrogens with zero attached hydrogens (tertiary/aromatic N) is 2. The van der Waals surface area contributed by atoms with Gasteiger partial charge in [0.1, 0.15) is 0 Å². The van der Waals surface area contributed by atoms with Gasteiger partial charge in [-0.1, -0.05) is 0 Å². The Labute approximate surface area is 109 Å². The molecule has 1 heterocycles.